The van der Waals surface area contributed by atoms with Crippen molar-refractivity contribution in [2.45, 2.75) is 25.6 Å². The lowest BCUT2D eigenvalue weighted by Gasteiger charge is -2.14. The Balaban J connectivity index is 1.56. The SMILES string of the molecule is CC(Cc1ccccc1)[n+]1cc([N-]C(=O)Nc2ccc(C(F)(F)F)cc2)on1. The summed E-state index contributed by atoms with van der Waals surface area (Å²) in [6, 6.07) is 13.1. The molecule has 2 aromatic carbocycles. The van der Waals surface area contributed by atoms with Gasteiger partial charge in [-0.2, -0.15) is 13.2 Å². The van der Waals surface area contributed by atoms with Crippen molar-refractivity contribution in [1.29, 1.82) is 0 Å². The van der Waals surface area contributed by atoms with E-state index in [4.69, 9.17) is 4.52 Å². The van der Waals surface area contributed by atoms with Crippen LogP contribution in [0.2, 0.25) is 0 Å². The van der Waals surface area contributed by atoms with Crippen molar-refractivity contribution in [3.63, 3.8) is 0 Å². The van der Waals surface area contributed by atoms with Gasteiger partial charge in [-0.15, -0.1) is 0 Å². The number of aromatic nitrogens is 2. The normalized spacial score (nSPS) is 12.4. The van der Waals surface area contributed by atoms with Gasteiger partial charge in [0.2, 0.25) is 12.1 Å². The van der Waals surface area contributed by atoms with E-state index in [-0.39, 0.29) is 17.6 Å². The van der Waals surface area contributed by atoms with Gasteiger partial charge in [-0.05, 0) is 28.1 Å². The Hall–Kier alpha value is -3.36. The van der Waals surface area contributed by atoms with Crippen LogP contribution in [-0.4, -0.2) is 11.3 Å². The summed E-state index contributed by atoms with van der Waals surface area (Å²) in [7, 11) is 0. The van der Waals surface area contributed by atoms with Gasteiger partial charge in [0.25, 0.3) is 0 Å². The second-order valence-electron chi connectivity index (χ2n) is 6.18. The molecule has 9 heteroatoms. The maximum absolute atomic E-state index is 12.5. The molecule has 0 aliphatic rings. The lowest BCUT2D eigenvalue weighted by Crippen LogP contribution is -2.39. The van der Waals surface area contributed by atoms with Crippen LogP contribution in [0, 0.1) is 0 Å². The van der Waals surface area contributed by atoms with Crippen molar-refractivity contribution in [2.75, 3.05) is 5.32 Å². The fraction of sp³-hybridized carbons (Fsp3) is 0.211. The zero-order chi connectivity index (χ0) is 20.1. The van der Waals surface area contributed by atoms with Crippen LogP contribution in [0.4, 0.5) is 29.5 Å². The van der Waals surface area contributed by atoms with Crippen molar-refractivity contribution in [2.24, 2.45) is 0 Å². The molecule has 0 radical (unpaired) electrons. The molecule has 3 rings (SSSR count). The lowest BCUT2D eigenvalue weighted by molar-refractivity contribution is -0.782. The lowest BCUT2D eigenvalue weighted by atomic mass is 10.1. The molecule has 6 nitrogen and oxygen atoms in total. The molecule has 0 fully saturated rings. The van der Waals surface area contributed by atoms with E-state index in [0.29, 0.717) is 0 Å². The fourth-order valence-electron chi connectivity index (χ4n) is 2.55. The number of anilines is 1. The number of urea groups is 1. The number of carbonyl (C=O) groups excluding carboxylic acids is 1. The second kappa shape index (κ2) is 8.12. The van der Waals surface area contributed by atoms with Crippen LogP contribution in [0.3, 0.4) is 0 Å². The molecule has 0 bridgehead atoms. The molecule has 146 valence electrons. The first kappa shape index (κ1) is 19.4. The number of amides is 2. The molecule has 1 aromatic heterocycles. The van der Waals surface area contributed by atoms with E-state index in [1.165, 1.54) is 6.20 Å². The minimum atomic E-state index is -4.43. The zero-order valence-corrected chi connectivity index (χ0v) is 14.8. The molecule has 1 heterocycles. The number of benzene rings is 2. The average Bonchev–Trinajstić information content (AvgIpc) is 3.11. The topological polar surface area (TPSA) is 73.1 Å². The molecular formula is C19H17F3N4O2. The number of alkyl halides is 3. The molecular weight excluding hydrogens is 373 g/mol. The summed E-state index contributed by atoms with van der Waals surface area (Å²) >= 11 is 0. The first-order valence-electron chi connectivity index (χ1n) is 8.43. The Bertz CT molecular complexity index is 924. The summed E-state index contributed by atoms with van der Waals surface area (Å²) in [5.74, 6) is -0.00989. The number of nitrogens with one attached hydrogen (secondary N) is 1. The molecule has 3 aromatic rings. The van der Waals surface area contributed by atoms with Crippen molar-refractivity contribution in [1.82, 2.24) is 5.27 Å². The summed E-state index contributed by atoms with van der Waals surface area (Å²) in [6.45, 7) is 1.95. The van der Waals surface area contributed by atoms with Crippen LogP contribution in [0.25, 0.3) is 5.32 Å². The van der Waals surface area contributed by atoms with Crippen molar-refractivity contribution in [3.05, 3.63) is 77.2 Å². The van der Waals surface area contributed by atoms with Gasteiger partial charge < -0.3 is 15.2 Å². The summed E-state index contributed by atoms with van der Waals surface area (Å²) in [6.07, 6.45) is -2.23. The minimum absolute atomic E-state index is 0.00989. The van der Waals surface area contributed by atoms with Crippen LogP contribution in [0.15, 0.2) is 65.3 Å². The van der Waals surface area contributed by atoms with Gasteiger partial charge in [-0.1, -0.05) is 42.5 Å². The van der Waals surface area contributed by atoms with Gasteiger partial charge in [0.1, 0.15) is 0 Å². The predicted molar refractivity (Wildman–Crippen MR) is 95.0 cm³/mol. The molecule has 1 atom stereocenters. The third kappa shape index (κ3) is 5.09. The Labute approximate surface area is 158 Å². The third-order valence-corrected chi connectivity index (χ3v) is 3.97. The molecule has 0 saturated heterocycles. The Morgan fingerprint density at radius 2 is 1.86 bits per heavy atom. The van der Waals surface area contributed by atoms with E-state index < -0.39 is 17.8 Å². The van der Waals surface area contributed by atoms with E-state index in [2.05, 4.69) is 15.9 Å². The molecule has 0 spiro atoms. The summed E-state index contributed by atoms with van der Waals surface area (Å²) < 4.78 is 44.2. The minimum Gasteiger partial charge on any atom is -0.424 e. The van der Waals surface area contributed by atoms with E-state index in [1.807, 2.05) is 37.3 Å². The number of hydrogen-bond acceptors (Lipinski definition) is 3. The standard InChI is InChI=1S/C19H17F3N4O2/c1-13(11-14-5-3-2-4-6-14)26-12-17(28-25-26)24-18(27)23-16-9-7-15(8-10-16)19(20,21)22/h2-10,12-13H,11H2,1H3,(H-,23,24,25,27). The number of rotatable bonds is 5. The second-order valence-corrected chi connectivity index (χ2v) is 6.18. The van der Waals surface area contributed by atoms with Gasteiger partial charge in [0.15, 0.2) is 17.3 Å². The highest BCUT2D eigenvalue weighted by atomic mass is 19.4. The first-order chi connectivity index (χ1) is 13.3. The van der Waals surface area contributed by atoms with Crippen LogP contribution < -0.4 is 10.00 Å². The fourth-order valence-corrected chi connectivity index (χ4v) is 2.55. The Morgan fingerprint density at radius 3 is 2.50 bits per heavy atom. The highest BCUT2D eigenvalue weighted by Gasteiger charge is 2.29. The summed E-state index contributed by atoms with van der Waals surface area (Å²) in [5, 5.41) is 9.94. The van der Waals surface area contributed by atoms with Gasteiger partial charge in [0, 0.05) is 13.3 Å². The first-order valence-corrected chi connectivity index (χ1v) is 8.43. The van der Waals surface area contributed by atoms with Crippen LogP contribution in [0.1, 0.15) is 24.1 Å². The van der Waals surface area contributed by atoms with Gasteiger partial charge in [-0.3, -0.25) is 4.79 Å². The maximum Gasteiger partial charge on any atom is 0.416 e. The van der Waals surface area contributed by atoms with E-state index in [1.54, 1.807) is 4.68 Å². The van der Waals surface area contributed by atoms with Crippen LogP contribution >= 0.6 is 0 Å². The molecule has 0 aliphatic carbocycles. The Morgan fingerprint density at radius 1 is 1.18 bits per heavy atom. The molecule has 28 heavy (non-hydrogen) atoms. The maximum atomic E-state index is 12.5. The number of halogens is 3. The van der Waals surface area contributed by atoms with E-state index in [0.717, 1.165) is 36.2 Å². The molecule has 1 unspecified atom stereocenters. The molecule has 0 saturated carbocycles. The molecule has 2 amide bonds. The van der Waals surface area contributed by atoms with Crippen molar-refractivity contribution in [3.8, 4) is 0 Å². The monoisotopic (exact) mass is 390 g/mol. The van der Waals surface area contributed by atoms with Crippen LogP contribution in [0.5, 0.6) is 0 Å². The highest BCUT2D eigenvalue weighted by Crippen LogP contribution is 2.30. The smallest absolute Gasteiger partial charge is 0.416 e. The molecule has 1 N–H and O–H groups in total. The number of carbonyl (C=O) groups is 1. The predicted octanol–water partition coefficient (Wildman–Crippen LogP) is 5.02. The van der Waals surface area contributed by atoms with Gasteiger partial charge in [0.05, 0.1) is 5.56 Å². The van der Waals surface area contributed by atoms with Crippen molar-refractivity contribution < 1.29 is 27.2 Å². The quantitative estimate of drug-likeness (QED) is 0.622. The van der Waals surface area contributed by atoms with E-state index in [9.17, 15) is 18.0 Å². The Kier molecular flexibility index (Phi) is 5.62. The van der Waals surface area contributed by atoms with Crippen molar-refractivity contribution >= 4 is 17.6 Å². The highest BCUT2D eigenvalue weighted by molar-refractivity contribution is 6.03. The van der Waals surface area contributed by atoms with Crippen LogP contribution in [-0.2, 0) is 12.6 Å². The number of hydrogen-bond donors (Lipinski definition) is 1. The summed E-state index contributed by atoms with van der Waals surface area (Å²) in [4.78, 5) is 11.9. The number of nitrogens with zero attached hydrogens (tertiary/aromatic N) is 3. The average molecular weight is 390 g/mol. The van der Waals surface area contributed by atoms with E-state index >= 15 is 0 Å². The zero-order valence-electron chi connectivity index (χ0n) is 14.8. The molecule has 0 aliphatic heterocycles. The van der Waals surface area contributed by atoms with Gasteiger partial charge in [-0.25, -0.2) is 0 Å². The van der Waals surface area contributed by atoms with Gasteiger partial charge >= 0.3 is 6.18 Å². The third-order valence-electron chi connectivity index (χ3n) is 3.97. The summed E-state index contributed by atoms with van der Waals surface area (Å²) in [5.41, 5.74) is 0.516. The largest absolute Gasteiger partial charge is 0.424 e.